The van der Waals surface area contributed by atoms with Crippen molar-refractivity contribution >= 4 is 17.1 Å². The van der Waals surface area contributed by atoms with Crippen molar-refractivity contribution in [2.24, 2.45) is 13.0 Å². The van der Waals surface area contributed by atoms with Gasteiger partial charge in [0.2, 0.25) is 5.95 Å². The van der Waals surface area contributed by atoms with Gasteiger partial charge in [0.25, 0.3) is 0 Å². The lowest BCUT2D eigenvalue weighted by molar-refractivity contribution is 0.377. The fraction of sp³-hybridized carbons (Fsp3) is 0.692. The zero-order valence-electron chi connectivity index (χ0n) is 11.9. The third-order valence-corrected chi connectivity index (χ3v) is 3.97. The van der Waals surface area contributed by atoms with Gasteiger partial charge in [0.1, 0.15) is 5.52 Å². The highest BCUT2D eigenvalue weighted by Gasteiger charge is 2.22. The van der Waals surface area contributed by atoms with Gasteiger partial charge in [0, 0.05) is 13.1 Å². The van der Waals surface area contributed by atoms with E-state index in [0.717, 1.165) is 29.7 Å². The van der Waals surface area contributed by atoms with Crippen LogP contribution >= 0.6 is 0 Å². The Bertz CT molecular complexity index is 551. The lowest BCUT2D eigenvalue weighted by atomic mass is 10.0. The number of nitrogens with two attached hydrogens (primary N) is 1. The van der Waals surface area contributed by atoms with Crippen LogP contribution in [0.4, 0.5) is 5.95 Å². The average Bonchev–Trinajstić information content (AvgIpc) is 2.84. The summed E-state index contributed by atoms with van der Waals surface area (Å²) in [6.45, 7) is 8.73. The van der Waals surface area contributed by atoms with Crippen LogP contribution in [0.15, 0.2) is 0 Å². The molecule has 0 aliphatic carbocycles. The predicted molar refractivity (Wildman–Crippen MR) is 74.5 cm³/mol. The Kier molecular flexibility index (Phi) is 3.32. The number of aromatic nitrogens is 4. The van der Waals surface area contributed by atoms with E-state index in [9.17, 15) is 0 Å². The smallest absolute Gasteiger partial charge is 0.202 e. The molecule has 5 heteroatoms. The number of hydrogen-bond donors (Lipinski definition) is 1. The SMILES string of the molecule is CCc1nn(C)c2c1nc(N)n2C(C)C(C)CC. The first-order chi connectivity index (χ1) is 8.51. The highest BCUT2D eigenvalue weighted by Crippen LogP contribution is 2.29. The van der Waals surface area contributed by atoms with Crippen molar-refractivity contribution in [3.63, 3.8) is 0 Å². The molecule has 2 unspecified atom stereocenters. The van der Waals surface area contributed by atoms with Crippen molar-refractivity contribution in [3.05, 3.63) is 5.69 Å². The molecular weight excluding hydrogens is 226 g/mol. The normalized spacial score (nSPS) is 15.2. The molecule has 0 aliphatic heterocycles. The van der Waals surface area contributed by atoms with Gasteiger partial charge in [-0.15, -0.1) is 0 Å². The number of aryl methyl sites for hydroxylation is 2. The first kappa shape index (κ1) is 12.9. The summed E-state index contributed by atoms with van der Waals surface area (Å²) in [5.74, 6) is 1.16. The molecule has 2 rings (SSSR count). The largest absolute Gasteiger partial charge is 0.369 e. The van der Waals surface area contributed by atoms with Gasteiger partial charge in [-0.2, -0.15) is 5.10 Å². The third-order valence-electron chi connectivity index (χ3n) is 3.97. The molecule has 100 valence electrons. The van der Waals surface area contributed by atoms with Gasteiger partial charge in [0.15, 0.2) is 5.65 Å². The topological polar surface area (TPSA) is 61.7 Å². The number of fused-ring (bicyclic) bond motifs is 1. The Morgan fingerprint density at radius 3 is 2.50 bits per heavy atom. The second kappa shape index (κ2) is 4.63. The van der Waals surface area contributed by atoms with Gasteiger partial charge < -0.3 is 5.73 Å². The van der Waals surface area contributed by atoms with Crippen molar-refractivity contribution in [1.29, 1.82) is 0 Å². The average molecular weight is 249 g/mol. The van der Waals surface area contributed by atoms with Crippen LogP contribution in [0, 0.1) is 5.92 Å². The van der Waals surface area contributed by atoms with E-state index in [1.54, 1.807) is 0 Å². The summed E-state index contributed by atoms with van der Waals surface area (Å²) < 4.78 is 4.02. The number of anilines is 1. The standard InChI is InChI=1S/C13H23N5/c1-6-8(3)9(4)18-12-11(15-13(18)14)10(7-2)16-17(12)5/h8-9H,6-7H2,1-5H3,(H2,14,15). The minimum absolute atomic E-state index is 0.333. The van der Waals surface area contributed by atoms with Crippen molar-refractivity contribution in [2.75, 3.05) is 5.73 Å². The summed E-state index contributed by atoms with van der Waals surface area (Å²) in [6.07, 6.45) is 2.00. The van der Waals surface area contributed by atoms with Crippen LogP contribution in [0.25, 0.3) is 11.2 Å². The second-order valence-corrected chi connectivity index (χ2v) is 5.06. The molecule has 0 aliphatic rings. The maximum Gasteiger partial charge on any atom is 0.202 e. The fourth-order valence-electron chi connectivity index (χ4n) is 2.45. The van der Waals surface area contributed by atoms with Gasteiger partial charge in [-0.05, 0) is 19.3 Å². The Balaban J connectivity index is 2.63. The number of nitrogen functional groups attached to an aromatic ring is 1. The fourth-order valence-corrected chi connectivity index (χ4v) is 2.45. The van der Waals surface area contributed by atoms with Crippen LogP contribution in [0.3, 0.4) is 0 Å². The van der Waals surface area contributed by atoms with Crippen LogP contribution in [0.2, 0.25) is 0 Å². The zero-order chi connectivity index (χ0) is 13.4. The van der Waals surface area contributed by atoms with Crippen molar-refractivity contribution in [1.82, 2.24) is 19.3 Å². The summed E-state index contributed by atoms with van der Waals surface area (Å²) in [4.78, 5) is 4.50. The summed E-state index contributed by atoms with van der Waals surface area (Å²) in [6, 6.07) is 0.333. The molecule has 0 amide bonds. The van der Waals surface area contributed by atoms with Crippen LogP contribution in [0.5, 0.6) is 0 Å². The van der Waals surface area contributed by atoms with Gasteiger partial charge in [-0.3, -0.25) is 9.25 Å². The number of imidazole rings is 1. The molecule has 2 heterocycles. The summed E-state index contributed by atoms with van der Waals surface area (Å²) in [5.41, 5.74) is 9.11. The predicted octanol–water partition coefficient (Wildman–Crippen LogP) is 2.52. The van der Waals surface area contributed by atoms with E-state index in [1.807, 2.05) is 11.7 Å². The van der Waals surface area contributed by atoms with E-state index < -0.39 is 0 Å². The molecule has 0 bridgehead atoms. The van der Waals surface area contributed by atoms with Crippen LogP contribution in [-0.4, -0.2) is 19.3 Å². The highest BCUT2D eigenvalue weighted by molar-refractivity contribution is 5.78. The molecule has 2 atom stereocenters. The maximum atomic E-state index is 6.09. The Hall–Kier alpha value is -1.52. The quantitative estimate of drug-likeness (QED) is 0.905. The molecule has 0 saturated carbocycles. The molecular formula is C13H23N5. The van der Waals surface area contributed by atoms with Crippen molar-refractivity contribution in [3.8, 4) is 0 Å². The van der Waals surface area contributed by atoms with Crippen LogP contribution < -0.4 is 5.73 Å². The molecule has 0 spiro atoms. The first-order valence-corrected chi connectivity index (χ1v) is 6.70. The number of rotatable bonds is 4. The summed E-state index contributed by atoms with van der Waals surface area (Å²) >= 11 is 0. The minimum Gasteiger partial charge on any atom is -0.369 e. The van der Waals surface area contributed by atoms with E-state index >= 15 is 0 Å². The van der Waals surface area contributed by atoms with E-state index in [1.165, 1.54) is 0 Å². The Morgan fingerprint density at radius 1 is 1.28 bits per heavy atom. The van der Waals surface area contributed by atoms with Gasteiger partial charge in [-0.1, -0.05) is 27.2 Å². The van der Waals surface area contributed by atoms with E-state index in [0.29, 0.717) is 17.9 Å². The molecule has 0 radical (unpaired) electrons. The van der Waals surface area contributed by atoms with Gasteiger partial charge in [-0.25, -0.2) is 4.98 Å². The second-order valence-electron chi connectivity index (χ2n) is 5.06. The van der Waals surface area contributed by atoms with Crippen LogP contribution in [0.1, 0.15) is 45.9 Å². The summed E-state index contributed by atoms with van der Waals surface area (Å²) in [7, 11) is 1.96. The maximum absolute atomic E-state index is 6.09. The van der Waals surface area contributed by atoms with Crippen LogP contribution in [-0.2, 0) is 13.5 Å². The Morgan fingerprint density at radius 2 is 1.94 bits per heavy atom. The number of hydrogen-bond acceptors (Lipinski definition) is 3. The zero-order valence-corrected chi connectivity index (χ0v) is 11.9. The van der Waals surface area contributed by atoms with E-state index in [2.05, 4.69) is 42.3 Å². The monoisotopic (exact) mass is 249 g/mol. The molecule has 2 aromatic rings. The molecule has 2 aromatic heterocycles. The molecule has 2 N–H and O–H groups in total. The summed E-state index contributed by atoms with van der Waals surface area (Å²) in [5, 5.41) is 4.52. The number of nitrogens with zero attached hydrogens (tertiary/aromatic N) is 4. The highest BCUT2D eigenvalue weighted by atomic mass is 15.4. The molecule has 0 aromatic carbocycles. The lowest BCUT2D eigenvalue weighted by Crippen LogP contribution is -2.17. The van der Waals surface area contributed by atoms with Crippen molar-refractivity contribution in [2.45, 2.75) is 46.6 Å². The van der Waals surface area contributed by atoms with Gasteiger partial charge >= 0.3 is 0 Å². The Labute approximate surface area is 108 Å². The molecule has 0 saturated heterocycles. The lowest BCUT2D eigenvalue weighted by Gasteiger charge is -2.21. The third kappa shape index (κ3) is 1.78. The minimum atomic E-state index is 0.333. The van der Waals surface area contributed by atoms with Gasteiger partial charge in [0.05, 0.1) is 5.69 Å². The molecule has 0 fully saturated rings. The molecule has 5 nitrogen and oxygen atoms in total. The molecule has 18 heavy (non-hydrogen) atoms. The van der Waals surface area contributed by atoms with Crippen molar-refractivity contribution < 1.29 is 0 Å². The van der Waals surface area contributed by atoms with E-state index in [-0.39, 0.29) is 0 Å². The first-order valence-electron chi connectivity index (χ1n) is 6.70. The van der Waals surface area contributed by atoms with E-state index in [4.69, 9.17) is 5.73 Å².